The Labute approximate surface area is 179 Å². The molecule has 1 saturated carbocycles. The predicted octanol–water partition coefficient (Wildman–Crippen LogP) is 2.54. The van der Waals surface area contributed by atoms with Gasteiger partial charge in [0.1, 0.15) is 0 Å². The number of likely N-dealkylation sites (tertiary alicyclic amines) is 1. The van der Waals surface area contributed by atoms with Gasteiger partial charge in [0.05, 0.1) is 18.3 Å². The molecule has 1 aromatic rings. The molecule has 2 heterocycles. The van der Waals surface area contributed by atoms with Gasteiger partial charge in [0.25, 0.3) is 0 Å². The fourth-order valence-corrected chi connectivity index (χ4v) is 4.06. The van der Waals surface area contributed by atoms with Crippen molar-refractivity contribution >= 4 is 35.8 Å². The molecule has 2 fully saturated rings. The molecule has 7 nitrogen and oxygen atoms in total. The lowest BCUT2D eigenvalue weighted by Gasteiger charge is -2.34. The minimum atomic E-state index is 0. The van der Waals surface area contributed by atoms with Crippen molar-refractivity contribution in [2.45, 2.75) is 57.5 Å². The Balaban J connectivity index is 0.00000261. The molecule has 1 saturated heterocycles. The van der Waals surface area contributed by atoms with Crippen LogP contribution in [0.15, 0.2) is 17.3 Å². The second kappa shape index (κ2) is 10.9. The largest absolute Gasteiger partial charge is 0.359 e. The van der Waals surface area contributed by atoms with Crippen molar-refractivity contribution in [3.63, 3.8) is 0 Å². The van der Waals surface area contributed by atoms with Crippen LogP contribution in [-0.4, -0.2) is 53.7 Å². The fourth-order valence-electron chi connectivity index (χ4n) is 4.06. The van der Waals surface area contributed by atoms with Crippen LogP contribution in [0.1, 0.15) is 56.7 Å². The third kappa shape index (κ3) is 6.08. The molecule has 0 aromatic carbocycles. The maximum atomic E-state index is 11.5. The topological polar surface area (TPSA) is 74.5 Å². The first-order valence-corrected chi connectivity index (χ1v) is 9.89. The van der Waals surface area contributed by atoms with Gasteiger partial charge >= 0.3 is 0 Å². The van der Waals surface area contributed by atoms with Crippen molar-refractivity contribution < 1.29 is 4.79 Å². The van der Waals surface area contributed by atoms with Crippen LogP contribution >= 0.6 is 24.0 Å². The summed E-state index contributed by atoms with van der Waals surface area (Å²) in [5.74, 6) is 1.55. The summed E-state index contributed by atoms with van der Waals surface area (Å²) in [7, 11) is 3.54. The van der Waals surface area contributed by atoms with Gasteiger partial charge in [-0.3, -0.25) is 14.5 Å². The molecular weight excluding hydrogens is 455 g/mol. The molecule has 0 unspecified atom stereocenters. The van der Waals surface area contributed by atoms with E-state index >= 15 is 0 Å². The third-order valence-electron chi connectivity index (χ3n) is 5.67. The molecule has 0 radical (unpaired) electrons. The summed E-state index contributed by atoms with van der Waals surface area (Å²) in [6.07, 6.45) is 9.95. The van der Waals surface area contributed by atoms with Crippen molar-refractivity contribution in [3.05, 3.63) is 18.0 Å². The lowest BCUT2D eigenvalue weighted by Crippen LogP contribution is -2.45. The maximum Gasteiger partial charge on any atom is 0.220 e. The number of carbonyl (C=O) groups excluding carboxylic acids is 1. The number of carbonyl (C=O) groups is 1. The number of rotatable bonds is 5. The van der Waals surface area contributed by atoms with E-state index in [1.54, 1.807) is 7.05 Å². The van der Waals surface area contributed by atoms with E-state index < -0.39 is 0 Å². The number of guanidine groups is 1. The molecule has 152 valence electrons. The van der Waals surface area contributed by atoms with Gasteiger partial charge in [-0.15, -0.1) is 24.0 Å². The second-order valence-corrected chi connectivity index (χ2v) is 7.43. The van der Waals surface area contributed by atoms with E-state index in [0.717, 1.165) is 37.6 Å². The molecule has 0 bridgehead atoms. The summed E-state index contributed by atoms with van der Waals surface area (Å²) in [6, 6.07) is 2.69. The average Bonchev–Trinajstić information content (AvgIpc) is 3.35. The number of hydrogen-bond acceptors (Lipinski definition) is 3. The van der Waals surface area contributed by atoms with Crippen LogP contribution in [-0.2, 0) is 11.3 Å². The first kappa shape index (κ1) is 22.0. The van der Waals surface area contributed by atoms with E-state index in [4.69, 9.17) is 5.10 Å². The zero-order chi connectivity index (χ0) is 18.4. The lowest BCUT2D eigenvalue weighted by molar-refractivity contribution is -0.121. The van der Waals surface area contributed by atoms with E-state index in [2.05, 4.69) is 37.5 Å². The molecule has 1 amide bonds. The summed E-state index contributed by atoms with van der Waals surface area (Å²) in [5, 5.41) is 10.9. The van der Waals surface area contributed by atoms with Gasteiger partial charge in [-0.1, -0.05) is 12.8 Å². The normalized spacial score (nSPS) is 19.0. The van der Waals surface area contributed by atoms with Crippen LogP contribution in [0, 0.1) is 5.92 Å². The van der Waals surface area contributed by atoms with Gasteiger partial charge in [0.2, 0.25) is 5.91 Å². The number of aromatic nitrogens is 2. The average molecular weight is 488 g/mol. The number of nitrogens with zero attached hydrogens (tertiary/aromatic N) is 4. The van der Waals surface area contributed by atoms with Gasteiger partial charge in [0.15, 0.2) is 5.96 Å². The molecule has 1 aliphatic carbocycles. The number of piperidine rings is 1. The number of aliphatic imine (C=N–C) groups is 1. The number of nitrogens with one attached hydrogen (secondary N) is 2. The summed E-state index contributed by atoms with van der Waals surface area (Å²) in [5.41, 5.74) is 1.06. The quantitative estimate of drug-likeness (QED) is 0.380. The summed E-state index contributed by atoms with van der Waals surface area (Å²) in [6.45, 7) is 2.58. The minimum absolute atomic E-state index is 0. The molecule has 1 aliphatic heterocycles. The summed E-state index contributed by atoms with van der Waals surface area (Å²) in [4.78, 5) is 18.3. The number of amides is 1. The molecule has 8 heteroatoms. The van der Waals surface area contributed by atoms with Gasteiger partial charge < -0.3 is 15.5 Å². The highest BCUT2D eigenvalue weighted by Crippen LogP contribution is 2.28. The van der Waals surface area contributed by atoms with Gasteiger partial charge in [-0.05, 0) is 37.7 Å². The van der Waals surface area contributed by atoms with E-state index in [1.165, 1.54) is 25.7 Å². The van der Waals surface area contributed by atoms with E-state index in [0.29, 0.717) is 24.9 Å². The van der Waals surface area contributed by atoms with Crippen molar-refractivity contribution in [1.82, 2.24) is 25.3 Å². The molecular formula is C19H33IN6O. The zero-order valence-corrected chi connectivity index (χ0v) is 18.8. The lowest BCUT2D eigenvalue weighted by atomic mass is 9.93. The van der Waals surface area contributed by atoms with Crippen LogP contribution in [0.4, 0.5) is 0 Å². The first-order valence-electron chi connectivity index (χ1n) is 9.89. The first-order chi connectivity index (χ1) is 12.7. The van der Waals surface area contributed by atoms with Crippen LogP contribution in [0.3, 0.4) is 0 Å². The van der Waals surface area contributed by atoms with Gasteiger partial charge in [-0.25, -0.2) is 0 Å². The van der Waals surface area contributed by atoms with E-state index in [-0.39, 0.29) is 29.9 Å². The van der Waals surface area contributed by atoms with Crippen LogP contribution in [0.25, 0.3) is 0 Å². The molecule has 2 N–H and O–H groups in total. The Bertz CT molecular complexity index is 617. The third-order valence-corrected chi connectivity index (χ3v) is 5.67. The molecule has 0 spiro atoms. The standard InChI is InChI=1S/C19H32N6O.HI/c1-20-18(26)13-15-7-10-24(11-8-15)19(21-2)22-14-16-9-12-25(23-16)17-5-3-4-6-17;/h9,12,15,17H,3-8,10-11,13-14H2,1-2H3,(H,20,26)(H,21,22);1H. The Hall–Kier alpha value is -1.32. The molecule has 2 aliphatic rings. The monoisotopic (exact) mass is 488 g/mol. The van der Waals surface area contributed by atoms with Crippen LogP contribution < -0.4 is 10.6 Å². The zero-order valence-electron chi connectivity index (χ0n) is 16.5. The Morgan fingerprint density at radius 2 is 1.96 bits per heavy atom. The Morgan fingerprint density at radius 3 is 2.59 bits per heavy atom. The van der Waals surface area contributed by atoms with Crippen molar-refractivity contribution in [2.24, 2.45) is 10.9 Å². The molecule has 0 atom stereocenters. The van der Waals surface area contributed by atoms with Crippen molar-refractivity contribution in [3.8, 4) is 0 Å². The van der Waals surface area contributed by atoms with Crippen molar-refractivity contribution in [1.29, 1.82) is 0 Å². The Kier molecular flexibility index (Phi) is 8.85. The van der Waals surface area contributed by atoms with E-state index in [1.807, 2.05) is 7.05 Å². The SMILES string of the molecule is CN=C(NCc1ccn(C2CCCC2)n1)N1CCC(CC(=O)NC)CC1.I. The molecule has 3 rings (SSSR count). The van der Waals surface area contributed by atoms with Gasteiger partial charge in [0, 0.05) is 39.8 Å². The molecule has 27 heavy (non-hydrogen) atoms. The molecule has 1 aromatic heterocycles. The van der Waals surface area contributed by atoms with E-state index in [9.17, 15) is 4.79 Å². The highest BCUT2D eigenvalue weighted by molar-refractivity contribution is 14.0. The smallest absolute Gasteiger partial charge is 0.220 e. The second-order valence-electron chi connectivity index (χ2n) is 7.43. The highest BCUT2D eigenvalue weighted by Gasteiger charge is 2.23. The fraction of sp³-hybridized carbons (Fsp3) is 0.737. The van der Waals surface area contributed by atoms with Crippen molar-refractivity contribution in [2.75, 3.05) is 27.2 Å². The number of hydrogen-bond donors (Lipinski definition) is 2. The summed E-state index contributed by atoms with van der Waals surface area (Å²) < 4.78 is 2.14. The number of halogens is 1. The maximum absolute atomic E-state index is 11.5. The predicted molar refractivity (Wildman–Crippen MR) is 118 cm³/mol. The highest BCUT2D eigenvalue weighted by atomic mass is 127. The Morgan fingerprint density at radius 1 is 1.26 bits per heavy atom. The summed E-state index contributed by atoms with van der Waals surface area (Å²) >= 11 is 0. The van der Waals surface area contributed by atoms with Crippen LogP contribution in [0.5, 0.6) is 0 Å². The van der Waals surface area contributed by atoms with Gasteiger partial charge in [-0.2, -0.15) is 5.10 Å². The minimum Gasteiger partial charge on any atom is -0.359 e. The van der Waals surface area contributed by atoms with Crippen LogP contribution in [0.2, 0.25) is 0 Å².